The second-order valence-corrected chi connectivity index (χ2v) is 6.02. The summed E-state index contributed by atoms with van der Waals surface area (Å²) in [4.78, 5) is 0. The summed E-state index contributed by atoms with van der Waals surface area (Å²) in [7, 11) is 0. The molecule has 18 heavy (non-hydrogen) atoms. The average molecular weight is 249 g/mol. The van der Waals surface area contributed by atoms with Crippen molar-refractivity contribution in [2.45, 2.75) is 44.9 Å². The van der Waals surface area contributed by atoms with Crippen molar-refractivity contribution < 1.29 is 4.39 Å². The molecule has 0 spiro atoms. The maximum absolute atomic E-state index is 13.4. The van der Waals surface area contributed by atoms with E-state index in [-0.39, 0.29) is 11.2 Å². The Hall–Kier alpha value is -0.890. The predicted molar refractivity (Wildman–Crippen MR) is 74.3 cm³/mol. The molecule has 0 aliphatic heterocycles. The summed E-state index contributed by atoms with van der Waals surface area (Å²) >= 11 is 0. The van der Waals surface area contributed by atoms with Crippen LogP contribution in [-0.2, 0) is 5.41 Å². The highest BCUT2D eigenvalue weighted by atomic mass is 19.1. The molecule has 0 unspecified atom stereocenters. The highest BCUT2D eigenvalue weighted by molar-refractivity contribution is 5.28. The van der Waals surface area contributed by atoms with Crippen LogP contribution < -0.4 is 5.32 Å². The Labute approximate surface area is 110 Å². The van der Waals surface area contributed by atoms with Crippen LogP contribution >= 0.6 is 0 Å². The van der Waals surface area contributed by atoms with Crippen LogP contribution in [0.4, 0.5) is 4.39 Å². The standard InChI is InChI=1S/C16H24FN/c1-13(2)11-18-12-16(8-3-4-9-16)14-6-5-7-15(17)10-14/h5-7,10,13,18H,3-4,8-9,11-12H2,1-2H3. The van der Waals surface area contributed by atoms with Crippen molar-refractivity contribution in [3.63, 3.8) is 0 Å². The largest absolute Gasteiger partial charge is 0.316 e. The van der Waals surface area contributed by atoms with Gasteiger partial charge in [-0.3, -0.25) is 0 Å². The van der Waals surface area contributed by atoms with E-state index in [4.69, 9.17) is 0 Å². The van der Waals surface area contributed by atoms with E-state index in [2.05, 4.69) is 25.2 Å². The van der Waals surface area contributed by atoms with Gasteiger partial charge < -0.3 is 5.32 Å². The maximum atomic E-state index is 13.4. The van der Waals surface area contributed by atoms with Gasteiger partial charge in [0.2, 0.25) is 0 Å². The molecule has 1 aliphatic carbocycles. The molecule has 1 aromatic carbocycles. The van der Waals surface area contributed by atoms with Crippen LogP contribution in [0.2, 0.25) is 0 Å². The van der Waals surface area contributed by atoms with Gasteiger partial charge in [0.1, 0.15) is 5.82 Å². The first-order valence-electron chi connectivity index (χ1n) is 7.09. The Morgan fingerprint density at radius 1 is 1.28 bits per heavy atom. The van der Waals surface area contributed by atoms with E-state index in [0.717, 1.165) is 13.1 Å². The van der Waals surface area contributed by atoms with E-state index < -0.39 is 0 Å². The first-order valence-corrected chi connectivity index (χ1v) is 7.09. The van der Waals surface area contributed by atoms with Crippen LogP contribution in [0.1, 0.15) is 45.1 Å². The molecule has 1 aromatic rings. The van der Waals surface area contributed by atoms with Crippen molar-refractivity contribution >= 4 is 0 Å². The quantitative estimate of drug-likeness (QED) is 0.835. The lowest BCUT2D eigenvalue weighted by Crippen LogP contribution is -2.37. The third-order valence-corrected chi connectivity index (χ3v) is 4.01. The van der Waals surface area contributed by atoms with Gasteiger partial charge in [-0.05, 0) is 43.0 Å². The highest BCUT2D eigenvalue weighted by Gasteiger charge is 2.35. The Morgan fingerprint density at radius 3 is 2.61 bits per heavy atom. The lowest BCUT2D eigenvalue weighted by molar-refractivity contribution is 0.389. The van der Waals surface area contributed by atoms with E-state index in [9.17, 15) is 4.39 Å². The molecule has 1 saturated carbocycles. The molecule has 1 fully saturated rings. The van der Waals surface area contributed by atoms with Gasteiger partial charge in [-0.15, -0.1) is 0 Å². The molecule has 0 atom stereocenters. The first kappa shape index (κ1) is 13.5. The number of hydrogen-bond donors (Lipinski definition) is 1. The zero-order valence-electron chi connectivity index (χ0n) is 11.5. The van der Waals surface area contributed by atoms with Gasteiger partial charge in [-0.2, -0.15) is 0 Å². The van der Waals surface area contributed by atoms with Crippen LogP contribution in [0.15, 0.2) is 24.3 Å². The fourth-order valence-electron chi connectivity index (χ4n) is 3.04. The highest BCUT2D eigenvalue weighted by Crippen LogP contribution is 2.40. The van der Waals surface area contributed by atoms with Crippen LogP contribution in [-0.4, -0.2) is 13.1 Å². The molecule has 2 heteroatoms. The molecule has 1 nitrogen and oxygen atoms in total. The zero-order valence-corrected chi connectivity index (χ0v) is 11.5. The molecule has 0 aromatic heterocycles. The fourth-order valence-corrected chi connectivity index (χ4v) is 3.04. The predicted octanol–water partition coefficient (Wildman–Crippen LogP) is 3.88. The van der Waals surface area contributed by atoms with E-state index in [1.54, 1.807) is 6.07 Å². The van der Waals surface area contributed by atoms with Crippen LogP contribution in [0.5, 0.6) is 0 Å². The van der Waals surface area contributed by atoms with Crippen LogP contribution in [0.25, 0.3) is 0 Å². The van der Waals surface area contributed by atoms with E-state index in [1.165, 1.54) is 37.3 Å². The second kappa shape index (κ2) is 5.83. The molecule has 2 rings (SSSR count). The third-order valence-electron chi connectivity index (χ3n) is 4.01. The summed E-state index contributed by atoms with van der Waals surface area (Å²) in [6.45, 7) is 6.46. The Bertz CT molecular complexity index is 380. The van der Waals surface area contributed by atoms with Crippen molar-refractivity contribution in [3.05, 3.63) is 35.6 Å². The Kier molecular flexibility index (Phi) is 4.39. The van der Waals surface area contributed by atoms with Gasteiger partial charge in [0, 0.05) is 12.0 Å². The Balaban J connectivity index is 2.11. The summed E-state index contributed by atoms with van der Waals surface area (Å²) < 4.78 is 13.4. The first-order chi connectivity index (χ1) is 8.62. The SMILES string of the molecule is CC(C)CNCC1(c2cccc(F)c2)CCCC1. The zero-order chi connectivity index (χ0) is 13.0. The van der Waals surface area contributed by atoms with Gasteiger partial charge >= 0.3 is 0 Å². The molecule has 1 N–H and O–H groups in total. The number of benzene rings is 1. The van der Waals surface area contributed by atoms with Gasteiger partial charge in [0.25, 0.3) is 0 Å². The number of halogens is 1. The Morgan fingerprint density at radius 2 is 2.00 bits per heavy atom. The second-order valence-electron chi connectivity index (χ2n) is 6.02. The van der Waals surface area contributed by atoms with E-state index in [1.807, 2.05) is 6.07 Å². The lowest BCUT2D eigenvalue weighted by Gasteiger charge is -2.30. The summed E-state index contributed by atoms with van der Waals surface area (Å²) in [5.41, 5.74) is 1.34. The molecule has 100 valence electrons. The summed E-state index contributed by atoms with van der Waals surface area (Å²) in [5, 5.41) is 3.56. The minimum atomic E-state index is -0.109. The van der Waals surface area contributed by atoms with Crippen molar-refractivity contribution in [1.29, 1.82) is 0 Å². The minimum Gasteiger partial charge on any atom is -0.316 e. The van der Waals surface area contributed by atoms with Gasteiger partial charge in [-0.25, -0.2) is 4.39 Å². The number of hydrogen-bond acceptors (Lipinski definition) is 1. The summed E-state index contributed by atoms with van der Waals surface area (Å²) in [5.74, 6) is 0.554. The monoisotopic (exact) mass is 249 g/mol. The third kappa shape index (κ3) is 3.11. The molecule has 1 aliphatic rings. The fraction of sp³-hybridized carbons (Fsp3) is 0.625. The molecule has 0 heterocycles. The smallest absolute Gasteiger partial charge is 0.123 e. The number of nitrogens with one attached hydrogen (secondary N) is 1. The van der Waals surface area contributed by atoms with Crippen molar-refractivity contribution in [2.24, 2.45) is 5.92 Å². The molecule has 0 amide bonds. The van der Waals surface area contributed by atoms with Crippen LogP contribution in [0.3, 0.4) is 0 Å². The molecular weight excluding hydrogens is 225 g/mol. The molecule has 0 radical (unpaired) electrons. The normalized spacial score (nSPS) is 18.4. The molecular formula is C16H24FN. The van der Waals surface area contributed by atoms with Crippen molar-refractivity contribution in [3.8, 4) is 0 Å². The van der Waals surface area contributed by atoms with Gasteiger partial charge in [-0.1, -0.05) is 38.8 Å². The summed E-state index contributed by atoms with van der Waals surface area (Å²) in [6.07, 6.45) is 4.89. The van der Waals surface area contributed by atoms with Crippen molar-refractivity contribution in [1.82, 2.24) is 5.32 Å². The van der Waals surface area contributed by atoms with E-state index >= 15 is 0 Å². The lowest BCUT2D eigenvalue weighted by atomic mass is 9.78. The van der Waals surface area contributed by atoms with E-state index in [0.29, 0.717) is 5.92 Å². The number of rotatable bonds is 5. The van der Waals surface area contributed by atoms with Crippen molar-refractivity contribution in [2.75, 3.05) is 13.1 Å². The van der Waals surface area contributed by atoms with Gasteiger partial charge in [0.15, 0.2) is 0 Å². The molecule has 0 saturated heterocycles. The van der Waals surface area contributed by atoms with Crippen LogP contribution in [0, 0.1) is 11.7 Å². The average Bonchev–Trinajstić information content (AvgIpc) is 2.78. The topological polar surface area (TPSA) is 12.0 Å². The summed E-state index contributed by atoms with van der Waals surface area (Å²) in [6, 6.07) is 7.19. The maximum Gasteiger partial charge on any atom is 0.123 e. The minimum absolute atomic E-state index is 0.109. The molecule has 0 bridgehead atoms. The van der Waals surface area contributed by atoms with Gasteiger partial charge in [0.05, 0.1) is 0 Å².